The van der Waals surface area contributed by atoms with E-state index in [1.807, 2.05) is 6.07 Å². The molecule has 24 heavy (non-hydrogen) atoms. The van der Waals surface area contributed by atoms with Crippen LogP contribution in [0.15, 0.2) is 65.2 Å². The quantitative estimate of drug-likeness (QED) is 0.632. The van der Waals surface area contributed by atoms with Crippen LogP contribution in [-0.2, 0) is 10.1 Å². The molecule has 0 radical (unpaired) electrons. The SMILES string of the molecule is N#CC(C#N)=CNc1cc(S(=O)(=O)O)ccc1Oc1ccccc1. The summed E-state index contributed by atoms with van der Waals surface area (Å²) in [6.07, 6.45) is 1.11. The van der Waals surface area contributed by atoms with Gasteiger partial charge in [0.2, 0.25) is 0 Å². The number of benzene rings is 2. The molecule has 0 fully saturated rings. The van der Waals surface area contributed by atoms with Gasteiger partial charge in [-0.05, 0) is 30.3 Å². The predicted octanol–water partition coefficient (Wildman–Crippen LogP) is 3.07. The van der Waals surface area contributed by atoms with Crippen molar-refractivity contribution in [3.63, 3.8) is 0 Å². The van der Waals surface area contributed by atoms with E-state index in [9.17, 15) is 8.42 Å². The second-order valence-corrected chi connectivity index (χ2v) is 5.90. The number of nitrogens with one attached hydrogen (secondary N) is 1. The Labute approximate surface area is 138 Å². The normalized spacial score (nSPS) is 10.1. The zero-order valence-corrected chi connectivity index (χ0v) is 13.0. The molecule has 0 aliphatic carbocycles. The van der Waals surface area contributed by atoms with Crippen LogP contribution < -0.4 is 10.1 Å². The monoisotopic (exact) mass is 341 g/mol. The zero-order chi connectivity index (χ0) is 17.6. The molecule has 0 amide bonds. The molecule has 120 valence electrons. The fourth-order valence-corrected chi connectivity index (χ4v) is 2.23. The number of hydrogen-bond acceptors (Lipinski definition) is 6. The van der Waals surface area contributed by atoms with Gasteiger partial charge in [-0.1, -0.05) is 18.2 Å². The van der Waals surface area contributed by atoms with Crippen molar-refractivity contribution in [3.8, 4) is 23.6 Å². The molecule has 2 rings (SSSR count). The van der Waals surface area contributed by atoms with Crippen molar-refractivity contribution in [2.75, 3.05) is 5.32 Å². The third-order valence-corrected chi connectivity index (χ3v) is 3.68. The highest BCUT2D eigenvalue weighted by molar-refractivity contribution is 7.85. The summed E-state index contributed by atoms with van der Waals surface area (Å²) in [5.74, 6) is 0.755. The molecule has 0 bridgehead atoms. The van der Waals surface area contributed by atoms with E-state index in [4.69, 9.17) is 19.8 Å². The third kappa shape index (κ3) is 4.34. The standard InChI is InChI=1S/C16H11N3O4S/c17-9-12(10-18)11-19-15-8-14(24(20,21)22)6-7-16(15)23-13-4-2-1-3-5-13/h1-8,11,19H,(H,20,21,22). The number of rotatable bonds is 5. The molecule has 0 unspecified atom stereocenters. The smallest absolute Gasteiger partial charge is 0.294 e. The van der Waals surface area contributed by atoms with Crippen molar-refractivity contribution in [3.05, 3.63) is 60.3 Å². The van der Waals surface area contributed by atoms with Crippen molar-refractivity contribution >= 4 is 15.8 Å². The first-order valence-corrected chi connectivity index (χ1v) is 7.99. The van der Waals surface area contributed by atoms with Crippen LogP contribution in [0.3, 0.4) is 0 Å². The molecule has 2 aromatic carbocycles. The van der Waals surface area contributed by atoms with E-state index in [0.717, 1.165) is 12.3 Å². The molecular weight excluding hydrogens is 330 g/mol. The lowest BCUT2D eigenvalue weighted by atomic mass is 10.2. The van der Waals surface area contributed by atoms with Gasteiger partial charge in [0, 0.05) is 6.20 Å². The largest absolute Gasteiger partial charge is 0.455 e. The molecule has 0 saturated carbocycles. The van der Waals surface area contributed by atoms with Gasteiger partial charge in [0.05, 0.1) is 10.6 Å². The summed E-state index contributed by atoms with van der Waals surface area (Å²) in [5, 5.41) is 20.1. The number of allylic oxidation sites excluding steroid dienone is 1. The molecule has 0 saturated heterocycles. The summed E-state index contributed by atoms with van der Waals surface area (Å²) in [4.78, 5) is -0.353. The average Bonchev–Trinajstić information content (AvgIpc) is 2.57. The molecule has 0 aliphatic heterocycles. The second-order valence-electron chi connectivity index (χ2n) is 4.47. The summed E-state index contributed by atoms with van der Waals surface area (Å²) in [7, 11) is -4.41. The van der Waals surface area contributed by atoms with Gasteiger partial charge in [0.25, 0.3) is 10.1 Å². The van der Waals surface area contributed by atoms with Crippen LogP contribution in [0.1, 0.15) is 0 Å². The van der Waals surface area contributed by atoms with Gasteiger partial charge in [-0.2, -0.15) is 18.9 Å². The maximum atomic E-state index is 11.3. The zero-order valence-electron chi connectivity index (χ0n) is 12.2. The van der Waals surface area contributed by atoms with Crippen molar-refractivity contribution in [2.24, 2.45) is 0 Å². The Morgan fingerprint density at radius 2 is 1.79 bits per heavy atom. The fraction of sp³-hybridized carbons (Fsp3) is 0. The van der Waals surface area contributed by atoms with E-state index in [1.54, 1.807) is 36.4 Å². The van der Waals surface area contributed by atoms with Crippen LogP contribution in [0.2, 0.25) is 0 Å². The Morgan fingerprint density at radius 1 is 1.12 bits per heavy atom. The second kappa shape index (κ2) is 7.29. The maximum Gasteiger partial charge on any atom is 0.294 e. The first kappa shape index (κ1) is 17.0. The molecule has 0 spiro atoms. The summed E-state index contributed by atoms with van der Waals surface area (Å²) in [6, 6.07) is 15.7. The number of nitriles is 2. The average molecular weight is 341 g/mol. The van der Waals surface area contributed by atoms with E-state index in [2.05, 4.69) is 5.32 Å². The van der Waals surface area contributed by atoms with Gasteiger partial charge in [-0.15, -0.1) is 0 Å². The summed E-state index contributed by atoms with van der Waals surface area (Å²) in [6.45, 7) is 0. The summed E-state index contributed by atoms with van der Waals surface area (Å²) in [5.41, 5.74) is -0.0464. The molecule has 0 aliphatic rings. The van der Waals surface area contributed by atoms with Crippen LogP contribution >= 0.6 is 0 Å². The Bertz CT molecular complexity index is 939. The highest BCUT2D eigenvalue weighted by Crippen LogP contribution is 2.32. The Hall–Kier alpha value is -3.33. The van der Waals surface area contributed by atoms with Gasteiger partial charge < -0.3 is 10.1 Å². The van der Waals surface area contributed by atoms with E-state index < -0.39 is 10.1 Å². The fourth-order valence-electron chi connectivity index (χ4n) is 1.73. The molecule has 2 N–H and O–H groups in total. The van der Waals surface area contributed by atoms with Crippen LogP contribution in [0.5, 0.6) is 11.5 Å². The summed E-state index contributed by atoms with van der Waals surface area (Å²) < 4.78 is 37.3. The molecule has 0 heterocycles. The molecule has 0 aromatic heterocycles. The van der Waals surface area contributed by atoms with E-state index in [1.165, 1.54) is 12.1 Å². The topological polar surface area (TPSA) is 123 Å². The Morgan fingerprint density at radius 3 is 2.38 bits per heavy atom. The third-order valence-electron chi connectivity index (χ3n) is 2.83. The number of hydrogen-bond donors (Lipinski definition) is 2. The van der Waals surface area contributed by atoms with Crippen LogP contribution in [0.25, 0.3) is 0 Å². The minimum Gasteiger partial charge on any atom is -0.455 e. The highest BCUT2D eigenvalue weighted by Gasteiger charge is 2.14. The number of nitrogens with zero attached hydrogens (tertiary/aromatic N) is 2. The van der Waals surface area contributed by atoms with Gasteiger partial charge in [-0.25, -0.2) is 0 Å². The summed E-state index contributed by atoms with van der Waals surface area (Å²) >= 11 is 0. The van der Waals surface area contributed by atoms with E-state index in [0.29, 0.717) is 5.75 Å². The van der Waals surface area contributed by atoms with Crippen molar-refractivity contribution in [2.45, 2.75) is 4.90 Å². The van der Waals surface area contributed by atoms with Crippen LogP contribution in [-0.4, -0.2) is 13.0 Å². The van der Waals surface area contributed by atoms with Crippen molar-refractivity contribution in [1.82, 2.24) is 0 Å². The molecule has 2 aromatic rings. The lowest BCUT2D eigenvalue weighted by Crippen LogP contribution is -2.01. The van der Waals surface area contributed by atoms with E-state index >= 15 is 0 Å². The van der Waals surface area contributed by atoms with Crippen LogP contribution in [0.4, 0.5) is 5.69 Å². The molecular formula is C16H11N3O4S. The van der Waals surface area contributed by atoms with Crippen LogP contribution in [0, 0.1) is 22.7 Å². The first-order chi connectivity index (χ1) is 11.4. The number of ether oxygens (including phenoxy) is 1. The molecule has 7 nitrogen and oxygen atoms in total. The predicted molar refractivity (Wildman–Crippen MR) is 85.7 cm³/mol. The molecule has 0 atom stereocenters. The van der Waals surface area contributed by atoms with Crippen molar-refractivity contribution in [1.29, 1.82) is 10.5 Å². The minimum absolute atomic E-state index is 0.164. The lowest BCUT2D eigenvalue weighted by molar-refractivity contribution is 0.479. The first-order valence-electron chi connectivity index (χ1n) is 6.55. The highest BCUT2D eigenvalue weighted by atomic mass is 32.2. The minimum atomic E-state index is -4.41. The number of para-hydroxylation sites is 1. The van der Waals surface area contributed by atoms with Gasteiger partial charge >= 0.3 is 0 Å². The Balaban J connectivity index is 2.44. The lowest BCUT2D eigenvalue weighted by Gasteiger charge is -2.12. The van der Waals surface area contributed by atoms with Gasteiger partial charge in [0.1, 0.15) is 23.5 Å². The molecule has 8 heteroatoms. The van der Waals surface area contributed by atoms with E-state index in [-0.39, 0.29) is 21.9 Å². The maximum absolute atomic E-state index is 11.3. The Kier molecular flexibility index (Phi) is 5.17. The van der Waals surface area contributed by atoms with Gasteiger partial charge in [0.15, 0.2) is 5.75 Å². The number of anilines is 1. The van der Waals surface area contributed by atoms with Crippen molar-refractivity contribution < 1.29 is 17.7 Å². The van der Waals surface area contributed by atoms with Gasteiger partial charge in [-0.3, -0.25) is 4.55 Å².